The molecule has 2 heterocycles. The fourth-order valence-electron chi connectivity index (χ4n) is 2.95. The van der Waals surface area contributed by atoms with Crippen LogP contribution in [0, 0.1) is 0 Å². The van der Waals surface area contributed by atoms with Crippen LogP contribution in [0.5, 0.6) is 17.2 Å². The quantitative estimate of drug-likeness (QED) is 0.935. The van der Waals surface area contributed by atoms with E-state index in [9.17, 15) is 4.79 Å². The van der Waals surface area contributed by atoms with Crippen molar-refractivity contribution in [2.24, 2.45) is 0 Å². The highest BCUT2D eigenvalue weighted by molar-refractivity contribution is 5.99. The zero-order chi connectivity index (χ0) is 17.2. The third-order valence-electron chi connectivity index (χ3n) is 4.34. The van der Waals surface area contributed by atoms with Crippen molar-refractivity contribution in [1.82, 2.24) is 5.32 Å². The number of fused-ring (bicyclic) bond motifs is 2. The Kier molecular flexibility index (Phi) is 4.06. The smallest absolute Gasteiger partial charge is 0.251 e. The number of amides is 1. The second-order valence-electron chi connectivity index (χ2n) is 6.09. The number of hydrogen-bond acceptors (Lipinski definition) is 4. The topological polar surface area (TPSA) is 56.8 Å². The van der Waals surface area contributed by atoms with Gasteiger partial charge >= 0.3 is 0 Å². The summed E-state index contributed by atoms with van der Waals surface area (Å²) >= 11 is 0. The Morgan fingerprint density at radius 3 is 2.68 bits per heavy atom. The molecule has 5 nitrogen and oxygen atoms in total. The van der Waals surface area contributed by atoms with E-state index in [-0.39, 0.29) is 18.6 Å². The molecule has 0 spiro atoms. The lowest BCUT2D eigenvalue weighted by molar-refractivity contribution is -0.118. The Bertz CT molecular complexity index is 843. The van der Waals surface area contributed by atoms with Crippen molar-refractivity contribution >= 4 is 12.0 Å². The van der Waals surface area contributed by atoms with Crippen LogP contribution in [0.15, 0.2) is 48.0 Å². The van der Waals surface area contributed by atoms with Gasteiger partial charge in [0.15, 0.2) is 11.5 Å². The molecule has 2 aromatic rings. The molecule has 4 rings (SSSR count). The Labute approximate surface area is 146 Å². The number of benzene rings is 2. The molecule has 1 atom stereocenters. The molecule has 0 saturated heterocycles. The maximum absolute atomic E-state index is 12.6. The summed E-state index contributed by atoms with van der Waals surface area (Å²) in [6, 6.07) is 13.3. The molecular weight excluding hydrogens is 318 g/mol. The van der Waals surface area contributed by atoms with Gasteiger partial charge in [0.2, 0.25) is 0 Å². The third-order valence-corrected chi connectivity index (χ3v) is 4.34. The molecule has 2 aliphatic heterocycles. The Morgan fingerprint density at radius 2 is 1.80 bits per heavy atom. The van der Waals surface area contributed by atoms with Crippen molar-refractivity contribution in [2.45, 2.75) is 13.0 Å². The lowest BCUT2D eigenvalue weighted by Gasteiger charge is -2.22. The number of para-hydroxylation sites is 1. The summed E-state index contributed by atoms with van der Waals surface area (Å²) in [4.78, 5) is 12.6. The summed E-state index contributed by atoms with van der Waals surface area (Å²) in [5, 5.41) is 3.02. The summed E-state index contributed by atoms with van der Waals surface area (Å²) in [6.07, 6.45) is 1.88. The number of hydrogen-bond donors (Lipinski definition) is 1. The molecule has 0 unspecified atom stereocenters. The highest BCUT2D eigenvalue weighted by Gasteiger charge is 2.20. The molecule has 0 aromatic heterocycles. The van der Waals surface area contributed by atoms with Crippen LogP contribution in [0.4, 0.5) is 0 Å². The molecule has 2 aromatic carbocycles. The number of rotatable bonds is 3. The van der Waals surface area contributed by atoms with Gasteiger partial charge in [-0.3, -0.25) is 4.79 Å². The van der Waals surface area contributed by atoms with E-state index in [0.717, 1.165) is 28.4 Å². The number of ether oxygens (including phenoxy) is 3. The zero-order valence-electron chi connectivity index (χ0n) is 14.0. The van der Waals surface area contributed by atoms with Gasteiger partial charge in [0.1, 0.15) is 25.6 Å². The summed E-state index contributed by atoms with van der Waals surface area (Å²) in [6.45, 7) is 3.33. The van der Waals surface area contributed by atoms with Crippen LogP contribution in [0.25, 0.3) is 6.08 Å². The predicted octanol–water partition coefficient (Wildman–Crippen LogP) is 3.11. The summed E-state index contributed by atoms with van der Waals surface area (Å²) in [5.41, 5.74) is 2.50. The van der Waals surface area contributed by atoms with Gasteiger partial charge in [0.25, 0.3) is 5.91 Å². The SMILES string of the molecule is C[C@H](NC(=O)C1=Cc2ccccc2OC1)c1ccc2c(c1)OCCO2. The molecular formula is C20H19NO4. The van der Waals surface area contributed by atoms with Crippen LogP contribution >= 0.6 is 0 Å². The van der Waals surface area contributed by atoms with Crippen molar-refractivity contribution in [1.29, 1.82) is 0 Å². The van der Waals surface area contributed by atoms with E-state index in [1.807, 2.05) is 55.5 Å². The normalized spacial score (nSPS) is 16.1. The number of nitrogens with one attached hydrogen (secondary N) is 1. The molecule has 1 N–H and O–H groups in total. The molecule has 1 amide bonds. The van der Waals surface area contributed by atoms with Gasteiger partial charge in [-0.1, -0.05) is 24.3 Å². The number of carbonyl (C=O) groups excluding carboxylic acids is 1. The molecule has 5 heteroatoms. The largest absolute Gasteiger partial charge is 0.488 e. The Balaban J connectivity index is 1.48. The molecule has 0 bridgehead atoms. The van der Waals surface area contributed by atoms with E-state index in [1.165, 1.54) is 0 Å². The molecule has 0 saturated carbocycles. The summed E-state index contributed by atoms with van der Waals surface area (Å²) in [7, 11) is 0. The van der Waals surface area contributed by atoms with Gasteiger partial charge in [-0.2, -0.15) is 0 Å². The Hall–Kier alpha value is -2.95. The lowest BCUT2D eigenvalue weighted by Crippen LogP contribution is -2.31. The molecule has 25 heavy (non-hydrogen) atoms. The van der Waals surface area contributed by atoms with Crippen molar-refractivity contribution < 1.29 is 19.0 Å². The summed E-state index contributed by atoms with van der Waals surface area (Å²) < 4.78 is 16.8. The molecule has 128 valence electrons. The van der Waals surface area contributed by atoms with E-state index >= 15 is 0 Å². The van der Waals surface area contributed by atoms with E-state index in [0.29, 0.717) is 18.8 Å². The first-order valence-corrected chi connectivity index (χ1v) is 8.33. The maximum Gasteiger partial charge on any atom is 0.251 e. The second kappa shape index (κ2) is 6.51. The predicted molar refractivity (Wildman–Crippen MR) is 93.9 cm³/mol. The second-order valence-corrected chi connectivity index (χ2v) is 6.09. The maximum atomic E-state index is 12.6. The van der Waals surface area contributed by atoms with Gasteiger partial charge in [-0.15, -0.1) is 0 Å². The first kappa shape index (κ1) is 15.6. The van der Waals surface area contributed by atoms with Crippen LogP contribution in [0.3, 0.4) is 0 Å². The van der Waals surface area contributed by atoms with Gasteiger partial charge in [-0.25, -0.2) is 0 Å². The highest BCUT2D eigenvalue weighted by atomic mass is 16.6. The van der Waals surface area contributed by atoms with Crippen LogP contribution < -0.4 is 19.5 Å². The van der Waals surface area contributed by atoms with Crippen LogP contribution in [-0.2, 0) is 4.79 Å². The van der Waals surface area contributed by atoms with Crippen LogP contribution in [0.2, 0.25) is 0 Å². The summed E-state index contributed by atoms with van der Waals surface area (Å²) in [5.74, 6) is 2.14. The third kappa shape index (κ3) is 3.18. The van der Waals surface area contributed by atoms with E-state index in [2.05, 4.69) is 5.32 Å². The monoisotopic (exact) mass is 337 g/mol. The molecule has 0 radical (unpaired) electrons. The molecule has 0 fully saturated rings. The first-order valence-electron chi connectivity index (χ1n) is 8.33. The average molecular weight is 337 g/mol. The first-order chi connectivity index (χ1) is 12.2. The standard InChI is InChI=1S/C20H19NO4/c1-13(14-6-7-18-19(11-14)24-9-8-23-18)21-20(22)16-10-15-4-2-3-5-17(15)25-12-16/h2-7,10-11,13H,8-9,12H2,1H3,(H,21,22)/t13-/m0/s1. The highest BCUT2D eigenvalue weighted by Crippen LogP contribution is 2.33. The van der Waals surface area contributed by atoms with Gasteiger partial charge in [-0.05, 0) is 36.8 Å². The van der Waals surface area contributed by atoms with E-state index in [4.69, 9.17) is 14.2 Å². The minimum absolute atomic E-state index is 0.128. The van der Waals surface area contributed by atoms with Crippen molar-refractivity contribution in [2.75, 3.05) is 19.8 Å². The number of carbonyl (C=O) groups is 1. The van der Waals surface area contributed by atoms with Gasteiger partial charge in [0.05, 0.1) is 11.6 Å². The Morgan fingerprint density at radius 1 is 1.00 bits per heavy atom. The lowest BCUT2D eigenvalue weighted by atomic mass is 10.0. The van der Waals surface area contributed by atoms with E-state index in [1.54, 1.807) is 0 Å². The van der Waals surface area contributed by atoms with E-state index < -0.39 is 0 Å². The van der Waals surface area contributed by atoms with Crippen molar-refractivity contribution in [3.05, 3.63) is 59.2 Å². The van der Waals surface area contributed by atoms with Crippen LogP contribution in [-0.4, -0.2) is 25.7 Å². The molecule has 2 aliphatic rings. The minimum atomic E-state index is -0.151. The van der Waals surface area contributed by atoms with Crippen molar-refractivity contribution in [3.8, 4) is 17.2 Å². The van der Waals surface area contributed by atoms with Gasteiger partial charge in [0, 0.05) is 5.56 Å². The van der Waals surface area contributed by atoms with Gasteiger partial charge < -0.3 is 19.5 Å². The molecule has 0 aliphatic carbocycles. The fraction of sp³-hybridized carbons (Fsp3) is 0.250. The fourth-order valence-corrected chi connectivity index (χ4v) is 2.95. The minimum Gasteiger partial charge on any atom is -0.488 e. The van der Waals surface area contributed by atoms with Crippen LogP contribution in [0.1, 0.15) is 24.1 Å². The average Bonchev–Trinajstić information content (AvgIpc) is 2.67. The zero-order valence-corrected chi connectivity index (χ0v) is 14.0. The van der Waals surface area contributed by atoms with Crippen molar-refractivity contribution in [3.63, 3.8) is 0 Å².